The third-order valence-corrected chi connectivity index (χ3v) is 4.86. The Morgan fingerprint density at radius 2 is 1.68 bits per heavy atom. The Morgan fingerprint density at radius 3 is 2.05 bits per heavy atom. The number of hydrogen-bond donors (Lipinski definition) is 1. The van der Waals surface area contributed by atoms with Crippen molar-refractivity contribution in [1.82, 2.24) is 10.2 Å². The van der Waals surface area contributed by atoms with Crippen LogP contribution in [-0.2, 0) is 9.59 Å². The second kappa shape index (κ2) is 6.59. The molecule has 0 spiro atoms. The monoisotopic (exact) mass is 310 g/mol. The summed E-state index contributed by atoms with van der Waals surface area (Å²) in [7, 11) is 0. The molecule has 0 aliphatic heterocycles. The lowest BCUT2D eigenvalue weighted by molar-refractivity contribution is -0.134. The third kappa shape index (κ3) is 4.99. The van der Waals surface area contributed by atoms with E-state index in [4.69, 9.17) is 0 Å². The molecule has 1 aliphatic carbocycles. The summed E-state index contributed by atoms with van der Waals surface area (Å²) >= 11 is 0. The summed E-state index contributed by atoms with van der Waals surface area (Å²) in [4.78, 5) is 26.1. The molecule has 1 N–H and O–H groups in total. The molecule has 22 heavy (non-hydrogen) atoms. The predicted molar refractivity (Wildman–Crippen MR) is 90.6 cm³/mol. The van der Waals surface area contributed by atoms with Gasteiger partial charge in [0.2, 0.25) is 11.8 Å². The van der Waals surface area contributed by atoms with Gasteiger partial charge in [-0.15, -0.1) is 0 Å². The highest BCUT2D eigenvalue weighted by Gasteiger charge is 2.37. The molecule has 1 aliphatic rings. The maximum atomic E-state index is 12.5. The number of carbonyl (C=O) groups excluding carboxylic acids is 2. The van der Waals surface area contributed by atoms with Crippen LogP contribution in [0.1, 0.15) is 80.6 Å². The SMILES string of the molecule is CC(=O)N(CCCC(C)(C)C(=O)NC1(C)CCC1)C(C)(C)C. The van der Waals surface area contributed by atoms with E-state index >= 15 is 0 Å². The second-order valence-electron chi connectivity index (χ2n) is 8.70. The molecular formula is C18H34N2O2. The van der Waals surface area contributed by atoms with E-state index in [1.807, 2.05) is 39.5 Å². The number of hydrogen-bond acceptors (Lipinski definition) is 2. The van der Waals surface area contributed by atoms with Crippen LogP contribution in [0, 0.1) is 5.41 Å². The van der Waals surface area contributed by atoms with Crippen LogP contribution in [0.3, 0.4) is 0 Å². The van der Waals surface area contributed by atoms with Gasteiger partial charge >= 0.3 is 0 Å². The summed E-state index contributed by atoms with van der Waals surface area (Å²) in [5.41, 5.74) is -0.554. The van der Waals surface area contributed by atoms with E-state index < -0.39 is 0 Å². The molecule has 4 heteroatoms. The zero-order valence-electron chi connectivity index (χ0n) is 15.5. The average Bonchev–Trinajstić information content (AvgIpc) is 2.30. The van der Waals surface area contributed by atoms with Gasteiger partial charge in [-0.3, -0.25) is 9.59 Å². The topological polar surface area (TPSA) is 49.4 Å². The van der Waals surface area contributed by atoms with Crippen LogP contribution < -0.4 is 5.32 Å². The van der Waals surface area contributed by atoms with Gasteiger partial charge in [0.1, 0.15) is 0 Å². The van der Waals surface area contributed by atoms with Gasteiger partial charge in [-0.1, -0.05) is 13.8 Å². The lowest BCUT2D eigenvalue weighted by Crippen LogP contribution is -2.54. The lowest BCUT2D eigenvalue weighted by atomic mass is 9.77. The Balaban J connectivity index is 2.50. The molecule has 0 saturated heterocycles. The largest absolute Gasteiger partial charge is 0.350 e. The molecule has 0 heterocycles. The molecule has 1 saturated carbocycles. The number of carbonyl (C=O) groups is 2. The Labute approximate surface area is 136 Å². The highest BCUT2D eigenvalue weighted by molar-refractivity contribution is 5.82. The van der Waals surface area contributed by atoms with E-state index in [9.17, 15) is 9.59 Å². The maximum absolute atomic E-state index is 12.5. The molecule has 1 fully saturated rings. The molecule has 2 amide bonds. The van der Waals surface area contributed by atoms with Gasteiger partial charge in [0.05, 0.1) is 0 Å². The Hall–Kier alpha value is -1.06. The number of nitrogens with zero attached hydrogens (tertiary/aromatic N) is 1. The van der Waals surface area contributed by atoms with E-state index in [0.717, 1.165) is 25.7 Å². The van der Waals surface area contributed by atoms with Gasteiger partial charge < -0.3 is 10.2 Å². The number of nitrogens with one attached hydrogen (secondary N) is 1. The summed E-state index contributed by atoms with van der Waals surface area (Å²) in [6, 6.07) is 0. The zero-order chi connectivity index (χ0) is 17.2. The van der Waals surface area contributed by atoms with Crippen LogP contribution in [0.25, 0.3) is 0 Å². The van der Waals surface area contributed by atoms with Crippen LogP contribution in [0.4, 0.5) is 0 Å². The van der Waals surface area contributed by atoms with Crippen LogP contribution >= 0.6 is 0 Å². The molecule has 128 valence electrons. The van der Waals surface area contributed by atoms with Crippen molar-refractivity contribution < 1.29 is 9.59 Å². The Bertz CT molecular complexity index is 417. The lowest BCUT2D eigenvalue weighted by Gasteiger charge is -2.41. The van der Waals surface area contributed by atoms with Crippen LogP contribution in [0.5, 0.6) is 0 Å². The van der Waals surface area contributed by atoms with Gasteiger partial charge in [-0.25, -0.2) is 0 Å². The fourth-order valence-corrected chi connectivity index (χ4v) is 3.03. The first kappa shape index (κ1) is 19.0. The van der Waals surface area contributed by atoms with E-state index in [0.29, 0.717) is 6.54 Å². The summed E-state index contributed by atoms with van der Waals surface area (Å²) in [6.45, 7) is 14.6. The minimum absolute atomic E-state index is 0.00514. The molecule has 0 bridgehead atoms. The van der Waals surface area contributed by atoms with Crippen LogP contribution in [-0.4, -0.2) is 34.3 Å². The molecule has 0 aromatic rings. The van der Waals surface area contributed by atoms with Crippen molar-refractivity contribution in [2.24, 2.45) is 5.41 Å². The normalized spacial score (nSPS) is 17.6. The van der Waals surface area contributed by atoms with E-state index in [1.165, 1.54) is 6.42 Å². The molecule has 1 rings (SSSR count). The minimum Gasteiger partial charge on any atom is -0.350 e. The van der Waals surface area contributed by atoms with Crippen molar-refractivity contribution in [3.8, 4) is 0 Å². The molecule has 0 unspecified atom stereocenters. The molecule has 0 aromatic carbocycles. The third-order valence-electron chi connectivity index (χ3n) is 4.86. The maximum Gasteiger partial charge on any atom is 0.226 e. The standard InChI is InChI=1S/C18H34N2O2/c1-14(21)20(16(2,3)4)13-9-10-17(5,6)15(22)19-18(7)11-8-12-18/h8-13H2,1-7H3,(H,19,22). The van der Waals surface area contributed by atoms with Gasteiger partial charge in [0.25, 0.3) is 0 Å². The first-order valence-electron chi connectivity index (χ1n) is 8.48. The van der Waals surface area contributed by atoms with Crippen molar-refractivity contribution in [2.45, 2.75) is 91.6 Å². The average molecular weight is 310 g/mol. The Kier molecular flexibility index (Phi) is 5.69. The molecule has 4 nitrogen and oxygen atoms in total. The quantitative estimate of drug-likeness (QED) is 0.816. The second-order valence-corrected chi connectivity index (χ2v) is 8.70. The highest BCUT2D eigenvalue weighted by atomic mass is 16.2. The summed E-state index contributed by atoms with van der Waals surface area (Å²) < 4.78 is 0. The smallest absolute Gasteiger partial charge is 0.226 e. The fourth-order valence-electron chi connectivity index (χ4n) is 3.03. The summed E-state index contributed by atoms with van der Waals surface area (Å²) in [5.74, 6) is 0.233. The number of amides is 2. The minimum atomic E-state index is -0.390. The molecule has 0 atom stereocenters. The molecule has 0 radical (unpaired) electrons. The van der Waals surface area contributed by atoms with Gasteiger partial charge in [-0.2, -0.15) is 0 Å². The van der Waals surface area contributed by atoms with Crippen LogP contribution in [0.15, 0.2) is 0 Å². The molecular weight excluding hydrogens is 276 g/mol. The van der Waals surface area contributed by atoms with Gasteiger partial charge in [0, 0.05) is 30.0 Å². The van der Waals surface area contributed by atoms with Gasteiger partial charge in [0.15, 0.2) is 0 Å². The summed E-state index contributed by atoms with van der Waals surface area (Å²) in [5, 5.41) is 3.20. The van der Waals surface area contributed by atoms with Gasteiger partial charge in [-0.05, 0) is 59.8 Å². The van der Waals surface area contributed by atoms with Crippen molar-refractivity contribution in [3.63, 3.8) is 0 Å². The van der Waals surface area contributed by atoms with E-state index in [2.05, 4.69) is 12.2 Å². The van der Waals surface area contributed by atoms with Crippen molar-refractivity contribution in [2.75, 3.05) is 6.54 Å². The molecule has 0 aromatic heterocycles. The van der Waals surface area contributed by atoms with Crippen molar-refractivity contribution in [1.29, 1.82) is 0 Å². The first-order chi connectivity index (χ1) is 9.87. The van der Waals surface area contributed by atoms with E-state index in [1.54, 1.807) is 6.92 Å². The van der Waals surface area contributed by atoms with Crippen LogP contribution in [0.2, 0.25) is 0 Å². The zero-order valence-corrected chi connectivity index (χ0v) is 15.5. The number of rotatable bonds is 6. The van der Waals surface area contributed by atoms with Crippen molar-refractivity contribution >= 4 is 11.8 Å². The first-order valence-corrected chi connectivity index (χ1v) is 8.48. The highest BCUT2D eigenvalue weighted by Crippen LogP contribution is 2.33. The van der Waals surface area contributed by atoms with E-state index in [-0.39, 0.29) is 28.3 Å². The fraction of sp³-hybridized carbons (Fsp3) is 0.889. The predicted octanol–water partition coefficient (Wildman–Crippen LogP) is 3.50. The van der Waals surface area contributed by atoms with Crippen molar-refractivity contribution in [3.05, 3.63) is 0 Å². The Morgan fingerprint density at radius 1 is 1.14 bits per heavy atom. The summed E-state index contributed by atoms with van der Waals surface area (Å²) in [6.07, 6.45) is 4.99.